The van der Waals surface area contributed by atoms with E-state index in [0.717, 1.165) is 7.11 Å². The van der Waals surface area contributed by atoms with Gasteiger partial charge < -0.3 is 10.1 Å². The van der Waals surface area contributed by atoms with Crippen molar-refractivity contribution < 1.29 is 31.9 Å². The summed E-state index contributed by atoms with van der Waals surface area (Å²) in [5.74, 6) is -3.05. The molecule has 110 valence electrons. The van der Waals surface area contributed by atoms with Crippen LogP contribution in [0.3, 0.4) is 0 Å². The number of methoxy groups -OCH3 is 1. The number of carbonyl (C=O) groups excluding carboxylic acids is 2. The molecule has 0 fully saturated rings. The third-order valence-electron chi connectivity index (χ3n) is 2.44. The van der Waals surface area contributed by atoms with E-state index in [1.165, 1.54) is 6.92 Å². The highest BCUT2D eigenvalue weighted by molar-refractivity contribution is 5.97. The second kappa shape index (κ2) is 5.89. The van der Waals surface area contributed by atoms with Crippen molar-refractivity contribution in [2.24, 2.45) is 0 Å². The van der Waals surface area contributed by atoms with Crippen LogP contribution in [0.2, 0.25) is 0 Å². The van der Waals surface area contributed by atoms with E-state index in [0.29, 0.717) is 18.2 Å². The first-order chi connectivity index (χ1) is 9.16. The summed E-state index contributed by atoms with van der Waals surface area (Å²) in [6, 6.07) is 0.340. The van der Waals surface area contributed by atoms with E-state index in [1.54, 1.807) is 0 Å². The van der Waals surface area contributed by atoms with Crippen molar-refractivity contribution in [3.05, 3.63) is 35.1 Å². The number of carbonyl (C=O) groups is 2. The van der Waals surface area contributed by atoms with Gasteiger partial charge in [0.25, 0.3) is 5.91 Å². The smallest absolute Gasteiger partial charge is 0.416 e. The number of alkyl halides is 3. The quantitative estimate of drug-likeness (QED) is 0.686. The van der Waals surface area contributed by atoms with Gasteiger partial charge in [-0.1, -0.05) is 0 Å². The van der Waals surface area contributed by atoms with Crippen molar-refractivity contribution in [3.8, 4) is 0 Å². The lowest BCUT2D eigenvalue weighted by Gasteiger charge is -2.13. The number of hydrogen-bond acceptors (Lipinski definition) is 3. The molecule has 0 aromatic heterocycles. The summed E-state index contributed by atoms with van der Waals surface area (Å²) < 4.78 is 55.2. The van der Waals surface area contributed by atoms with E-state index < -0.39 is 41.0 Å². The second-order valence-corrected chi connectivity index (χ2v) is 3.91. The molecule has 1 atom stereocenters. The van der Waals surface area contributed by atoms with Crippen LogP contribution in [0.5, 0.6) is 0 Å². The van der Waals surface area contributed by atoms with Crippen LogP contribution in [0.15, 0.2) is 18.2 Å². The van der Waals surface area contributed by atoms with Crippen LogP contribution in [0.1, 0.15) is 22.8 Å². The maximum Gasteiger partial charge on any atom is 0.416 e. The molecular formula is C12H11F4NO3. The molecule has 0 saturated heterocycles. The van der Waals surface area contributed by atoms with Crippen LogP contribution in [-0.4, -0.2) is 25.0 Å². The number of esters is 1. The van der Waals surface area contributed by atoms with Gasteiger partial charge in [-0.05, 0) is 25.1 Å². The van der Waals surface area contributed by atoms with E-state index in [9.17, 15) is 27.2 Å². The molecule has 4 nitrogen and oxygen atoms in total. The van der Waals surface area contributed by atoms with Crippen molar-refractivity contribution in [1.82, 2.24) is 5.32 Å². The zero-order valence-corrected chi connectivity index (χ0v) is 10.5. The lowest BCUT2D eigenvalue weighted by atomic mass is 10.1. The Kier molecular flexibility index (Phi) is 4.69. The van der Waals surface area contributed by atoms with E-state index in [1.807, 2.05) is 5.32 Å². The Balaban J connectivity index is 3.01. The summed E-state index contributed by atoms with van der Waals surface area (Å²) in [6.45, 7) is 1.26. The van der Waals surface area contributed by atoms with Gasteiger partial charge in [-0.15, -0.1) is 0 Å². The van der Waals surface area contributed by atoms with Crippen molar-refractivity contribution >= 4 is 11.9 Å². The minimum Gasteiger partial charge on any atom is -0.467 e. The summed E-state index contributed by atoms with van der Waals surface area (Å²) in [6.07, 6.45) is -4.70. The van der Waals surface area contributed by atoms with E-state index >= 15 is 0 Å². The third-order valence-corrected chi connectivity index (χ3v) is 2.44. The Bertz CT molecular complexity index is 528. The first kappa shape index (κ1) is 15.9. The molecule has 0 saturated carbocycles. The van der Waals surface area contributed by atoms with Crippen molar-refractivity contribution in [1.29, 1.82) is 0 Å². The Morgan fingerprint density at radius 1 is 1.30 bits per heavy atom. The van der Waals surface area contributed by atoms with Gasteiger partial charge in [-0.2, -0.15) is 13.2 Å². The molecule has 1 unspecified atom stereocenters. The van der Waals surface area contributed by atoms with E-state index in [2.05, 4.69) is 4.74 Å². The number of hydrogen-bond donors (Lipinski definition) is 1. The SMILES string of the molecule is COC(=O)C(C)NC(=O)c1cc(C(F)(F)F)ccc1F. The summed E-state index contributed by atoms with van der Waals surface area (Å²) in [4.78, 5) is 22.7. The van der Waals surface area contributed by atoms with Gasteiger partial charge >= 0.3 is 12.1 Å². The van der Waals surface area contributed by atoms with Crippen LogP contribution in [-0.2, 0) is 15.7 Å². The summed E-state index contributed by atoms with van der Waals surface area (Å²) in [5, 5.41) is 2.05. The molecule has 0 aliphatic rings. The molecule has 1 rings (SSSR count). The standard InChI is InChI=1S/C12H11F4NO3/c1-6(11(19)20-2)17-10(18)8-5-7(12(14,15)16)3-4-9(8)13/h3-6H,1-2H3,(H,17,18). The highest BCUT2D eigenvalue weighted by Gasteiger charge is 2.32. The second-order valence-electron chi connectivity index (χ2n) is 3.91. The van der Waals surface area contributed by atoms with Gasteiger partial charge in [-0.3, -0.25) is 4.79 Å². The largest absolute Gasteiger partial charge is 0.467 e. The third kappa shape index (κ3) is 3.69. The number of rotatable bonds is 3. The Hall–Kier alpha value is -2.12. The normalized spacial score (nSPS) is 12.7. The number of halogens is 4. The van der Waals surface area contributed by atoms with Crippen LogP contribution in [0.25, 0.3) is 0 Å². The van der Waals surface area contributed by atoms with Crippen LogP contribution < -0.4 is 5.32 Å². The van der Waals surface area contributed by atoms with Gasteiger partial charge in [-0.25, -0.2) is 9.18 Å². The Morgan fingerprint density at radius 2 is 1.90 bits per heavy atom. The molecule has 0 radical (unpaired) electrons. The molecule has 0 spiro atoms. The van der Waals surface area contributed by atoms with Crippen molar-refractivity contribution in [3.63, 3.8) is 0 Å². The van der Waals surface area contributed by atoms with Gasteiger partial charge in [0.05, 0.1) is 18.2 Å². The molecular weight excluding hydrogens is 282 g/mol. The maximum atomic E-state index is 13.4. The molecule has 8 heteroatoms. The average molecular weight is 293 g/mol. The first-order valence-electron chi connectivity index (χ1n) is 5.42. The number of ether oxygens (including phenoxy) is 1. The fourth-order valence-corrected chi connectivity index (χ4v) is 1.39. The van der Waals surface area contributed by atoms with Gasteiger partial charge in [0, 0.05) is 0 Å². The molecule has 1 aromatic rings. The molecule has 1 N–H and O–H groups in total. The molecule has 0 aliphatic heterocycles. The number of amides is 1. The summed E-state index contributed by atoms with van der Waals surface area (Å²) in [7, 11) is 1.08. The predicted molar refractivity (Wildman–Crippen MR) is 60.3 cm³/mol. The molecule has 0 aliphatic carbocycles. The first-order valence-corrected chi connectivity index (χ1v) is 5.42. The van der Waals surface area contributed by atoms with Gasteiger partial charge in [0.15, 0.2) is 0 Å². The maximum absolute atomic E-state index is 13.4. The molecule has 0 heterocycles. The average Bonchev–Trinajstić information content (AvgIpc) is 2.36. The highest BCUT2D eigenvalue weighted by Crippen LogP contribution is 2.30. The monoisotopic (exact) mass is 293 g/mol. The van der Waals surface area contributed by atoms with Crippen molar-refractivity contribution in [2.75, 3.05) is 7.11 Å². The summed E-state index contributed by atoms with van der Waals surface area (Å²) >= 11 is 0. The van der Waals surface area contributed by atoms with Crippen LogP contribution in [0, 0.1) is 5.82 Å². The van der Waals surface area contributed by atoms with Gasteiger partial charge in [0.1, 0.15) is 11.9 Å². The number of benzene rings is 1. The topological polar surface area (TPSA) is 55.4 Å². The van der Waals surface area contributed by atoms with Gasteiger partial charge in [0.2, 0.25) is 0 Å². The lowest BCUT2D eigenvalue weighted by molar-refractivity contribution is -0.142. The lowest BCUT2D eigenvalue weighted by Crippen LogP contribution is -2.39. The molecule has 0 bridgehead atoms. The fraction of sp³-hybridized carbons (Fsp3) is 0.333. The Labute approximate surface area is 111 Å². The minimum atomic E-state index is -4.70. The fourth-order valence-electron chi connectivity index (χ4n) is 1.39. The Morgan fingerprint density at radius 3 is 2.40 bits per heavy atom. The highest BCUT2D eigenvalue weighted by atomic mass is 19.4. The predicted octanol–water partition coefficient (Wildman–Crippen LogP) is 2.14. The van der Waals surface area contributed by atoms with Crippen LogP contribution in [0.4, 0.5) is 17.6 Å². The van der Waals surface area contributed by atoms with E-state index in [-0.39, 0.29) is 0 Å². The minimum absolute atomic E-state index is 0.384. The zero-order chi connectivity index (χ0) is 15.5. The zero-order valence-electron chi connectivity index (χ0n) is 10.5. The molecule has 20 heavy (non-hydrogen) atoms. The van der Waals surface area contributed by atoms with E-state index in [4.69, 9.17) is 0 Å². The van der Waals surface area contributed by atoms with Crippen molar-refractivity contribution in [2.45, 2.75) is 19.1 Å². The van der Waals surface area contributed by atoms with Crippen LogP contribution >= 0.6 is 0 Å². The number of nitrogens with one attached hydrogen (secondary N) is 1. The molecule has 1 amide bonds. The molecule has 1 aromatic carbocycles. The summed E-state index contributed by atoms with van der Waals surface area (Å²) in [5.41, 5.74) is -1.95.